The molecular weight excluding hydrogens is 332 g/mol. The van der Waals surface area contributed by atoms with Crippen LogP contribution in [0.15, 0.2) is 18.2 Å². The van der Waals surface area contributed by atoms with Gasteiger partial charge in [0, 0.05) is 17.7 Å². The fourth-order valence-electron chi connectivity index (χ4n) is 2.11. The summed E-state index contributed by atoms with van der Waals surface area (Å²) >= 11 is 0. The molecule has 0 aliphatic carbocycles. The Bertz CT molecular complexity index is 566. The van der Waals surface area contributed by atoms with Crippen LogP contribution in [0.3, 0.4) is 0 Å². The zero-order chi connectivity index (χ0) is 19.2. The molecule has 1 aromatic rings. The van der Waals surface area contributed by atoms with Crippen LogP contribution >= 0.6 is 0 Å². The van der Waals surface area contributed by atoms with Crippen LogP contribution < -0.4 is 14.2 Å². The van der Waals surface area contributed by atoms with Crippen molar-refractivity contribution in [2.24, 2.45) is 0 Å². The number of carbonyl (C=O) groups excluding carboxylic acids is 1. The molecule has 0 saturated carbocycles. The minimum Gasteiger partial charge on any atom is -0.493 e. The first-order valence-corrected chi connectivity index (χ1v) is 9.57. The first-order valence-electron chi connectivity index (χ1n) is 9.57. The monoisotopic (exact) mass is 364 g/mol. The van der Waals surface area contributed by atoms with E-state index >= 15 is 0 Å². The summed E-state index contributed by atoms with van der Waals surface area (Å²) in [5.74, 6) is 1.59. The Morgan fingerprint density at radius 2 is 1.46 bits per heavy atom. The molecule has 0 unspecified atom stereocenters. The summed E-state index contributed by atoms with van der Waals surface area (Å²) in [6, 6.07) is 3.71. The Morgan fingerprint density at radius 1 is 0.846 bits per heavy atom. The van der Waals surface area contributed by atoms with Crippen molar-refractivity contribution in [3.8, 4) is 17.2 Å². The van der Waals surface area contributed by atoms with E-state index in [1.54, 1.807) is 6.08 Å². The predicted molar refractivity (Wildman–Crippen MR) is 104 cm³/mol. The van der Waals surface area contributed by atoms with Crippen LogP contribution in [-0.4, -0.2) is 32.4 Å². The Kier molecular flexibility index (Phi) is 11.0. The zero-order valence-corrected chi connectivity index (χ0v) is 16.5. The van der Waals surface area contributed by atoms with Gasteiger partial charge in [-0.2, -0.15) is 0 Å². The minimum atomic E-state index is -0.371. The fourth-order valence-corrected chi connectivity index (χ4v) is 2.11. The van der Waals surface area contributed by atoms with E-state index < -0.39 is 0 Å². The highest BCUT2D eigenvalue weighted by molar-refractivity contribution is 5.88. The standard InChI is InChI=1S/C21H32O5/c1-5-11-23-18-15-17(9-10-20(22)25-13-7-3)21(26-14-8-4)19(16-18)24-12-6-2/h9-10,15-16H,5-8,11-14H2,1-4H3. The Hall–Kier alpha value is -2.17. The molecular formula is C21H32O5. The van der Waals surface area contributed by atoms with E-state index in [0.29, 0.717) is 43.7 Å². The van der Waals surface area contributed by atoms with Crippen molar-refractivity contribution in [3.05, 3.63) is 23.8 Å². The van der Waals surface area contributed by atoms with Crippen molar-refractivity contribution in [1.29, 1.82) is 0 Å². The van der Waals surface area contributed by atoms with Crippen molar-refractivity contribution in [2.75, 3.05) is 26.4 Å². The van der Waals surface area contributed by atoms with Gasteiger partial charge in [-0.1, -0.05) is 27.7 Å². The van der Waals surface area contributed by atoms with Gasteiger partial charge in [0.25, 0.3) is 0 Å². The summed E-state index contributed by atoms with van der Waals surface area (Å²) in [7, 11) is 0. The van der Waals surface area contributed by atoms with Gasteiger partial charge in [0.15, 0.2) is 11.5 Å². The molecule has 5 heteroatoms. The van der Waals surface area contributed by atoms with Crippen molar-refractivity contribution >= 4 is 12.0 Å². The lowest BCUT2D eigenvalue weighted by atomic mass is 10.1. The van der Waals surface area contributed by atoms with Crippen LogP contribution in [0.25, 0.3) is 6.08 Å². The lowest BCUT2D eigenvalue weighted by Crippen LogP contribution is -2.05. The number of hydrogen-bond donors (Lipinski definition) is 0. The van der Waals surface area contributed by atoms with Crippen LogP contribution in [0.5, 0.6) is 17.2 Å². The largest absolute Gasteiger partial charge is 0.493 e. The number of hydrogen-bond acceptors (Lipinski definition) is 5. The van der Waals surface area contributed by atoms with Gasteiger partial charge >= 0.3 is 5.97 Å². The molecule has 1 rings (SSSR count). The quantitative estimate of drug-likeness (QED) is 0.363. The minimum absolute atomic E-state index is 0.371. The normalized spacial score (nSPS) is 10.8. The third-order valence-corrected chi connectivity index (χ3v) is 3.29. The molecule has 1 aromatic carbocycles. The molecule has 0 fully saturated rings. The lowest BCUT2D eigenvalue weighted by Gasteiger charge is -2.17. The van der Waals surface area contributed by atoms with E-state index in [2.05, 4.69) is 13.8 Å². The molecule has 146 valence electrons. The summed E-state index contributed by atoms with van der Waals surface area (Å²) in [6.07, 6.45) is 6.58. The lowest BCUT2D eigenvalue weighted by molar-refractivity contribution is -0.137. The van der Waals surface area contributed by atoms with Gasteiger partial charge in [0.1, 0.15) is 5.75 Å². The smallest absolute Gasteiger partial charge is 0.330 e. The van der Waals surface area contributed by atoms with E-state index in [1.165, 1.54) is 6.08 Å². The first-order chi connectivity index (χ1) is 12.7. The zero-order valence-electron chi connectivity index (χ0n) is 16.5. The van der Waals surface area contributed by atoms with Crippen molar-refractivity contribution in [3.63, 3.8) is 0 Å². The average Bonchev–Trinajstić information content (AvgIpc) is 2.66. The van der Waals surface area contributed by atoms with Crippen LogP contribution in [0.4, 0.5) is 0 Å². The average molecular weight is 364 g/mol. The highest BCUT2D eigenvalue weighted by Gasteiger charge is 2.14. The SMILES string of the molecule is CCCOC(=O)C=Cc1cc(OCCC)cc(OCCC)c1OCCC. The van der Waals surface area contributed by atoms with Crippen LogP contribution in [0.1, 0.15) is 58.9 Å². The van der Waals surface area contributed by atoms with Gasteiger partial charge in [-0.15, -0.1) is 0 Å². The van der Waals surface area contributed by atoms with Crippen molar-refractivity contribution < 1.29 is 23.7 Å². The number of carbonyl (C=O) groups is 1. The topological polar surface area (TPSA) is 54.0 Å². The molecule has 0 saturated heterocycles. The third kappa shape index (κ3) is 7.81. The van der Waals surface area contributed by atoms with Gasteiger partial charge < -0.3 is 18.9 Å². The molecule has 0 aromatic heterocycles. The van der Waals surface area contributed by atoms with E-state index in [1.807, 2.05) is 26.0 Å². The van der Waals surface area contributed by atoms with Gasteiger partial charge in [-0.3, -0.25) is 0 Å². The molecule has 0 spiro atoms. The maximum absolute atomic E-state index is 11.8. The molecule has 0 N–H and O–H groups in total. The van der Waals surface area contributed by atoms with Crippen LogP contribution in [-0.2, 0) is 9.53 Å². The van der Waals surface area contributed by atoms with Crippen LogP contribution in [0, 0.1) is 0 Å². The summed E-state index contributed by atoms with van der Waals surface area (Å²) in [5, 5.41) is 0. The maximum Gasteiger partial charge on any atom is 0.330 e. The maximum atomic E-state index is 11.8. The van der Waals surface area contributed by atoms with Gasteiger partial charge in [-0.05, 0) is 37.8 Å². The third-order valence-electron chi connectivity index (χ3n) is 3.29. The summed E-state index contributed by atoms with van der Waals surface area (Å²) < 4.78 is 22.6. The summed E-state index contributed by atoms with van der Waals surface area (Å²) in [5.41, 5.74) is 0.742. The van der Waals surface area contributed by atoms with Crippen molar-refractivity contribution in [2.45, 2.75) is 53.4 Å². The molecule has 0 bridgehead atoms. The van der Waals surface area contributed by atoms with E-state index in [0.717, 1.165) is 31.2 Å². The van der Waals surface area contributed by atoms with E-state index in [-0.39, 0.29) is 5.97 Å². The number of benzene rings is 1. The predicted octanol–water partition coefficient (Wildman–Crippen LogP) is 5.02. The molecule has 26 heavy (non-hydrogen) atoms. The Morgan fingerprint density at radius 3 is 2.12 bits per heavy atom. The second kappa shape index (κ2) is 13.1. The molecule has 0 amide bonds. The molecule has 0 radical (unpaired) electrons. The highest BCUT2D eigenvalue weighted by atomic mass is 16.5. The fraction of sp³-hybridized carbons (Fsp3) is 0.571. The number of esters is 1. The van der Waals surface area contributed by atoms with Crippen LogP contribution in [0.2, 0.25) is 0 Å². The molecule has 0 aliphatic rings. The number of ether oxygens (including phenoxy) is 4. The Balaban J connectivity index is 3.16. The van der Waals surface area contributed by atoms with E-state index in [4.69, 9.17) is 18.9 Å². The van der Waals surface area contributed by atoms with E-state index in [9.17, 15) is 4.79 Å². The van der Waals surface area contributed by atoms with Gasteiger partial charge in [0.05, 0.1) is 26.4 Å². The summed E-state index contributed by atoms with van der Waals surface area (Å²) in [6.45, 7) is 10.3. The second-order valence-electron chi connectivity index (χ2n) is 5.89. The van der Waals surface area contributed by atoms with Gasteiger partial charge in [0.2, 0.25) is 0 Å². The highest BCUT2D eigenvalue weighted by Crippen LogP contribution is 2.37. The summed E-state index contributed by atoms with van der Waals surface area (Å²) in [4.78, 5) is 11.8. The molecule has 0 heterocycles. The first kappa shape index (κ1) is 21.9. The number of rotatable bonds is 13. The second-order valence-corrected chi connectivity index (χ2v) is 5.89. The molecule has 0 atom stereocenters. The Labute approximate surface area is 157 Å². The molecule has 5 nitrogen and oxygen atoms in total. The van der Waals surface area contributed by atoms with Gasteiger partial charge in [-0.25, -0.2) is 4.79 Å². The van der Waals surface area contributed by atoms with Crippen molar-refractivity contribution in [1.82, 2.24) is 0 Å². The molecule has 0 aliphatic heterocycles.